The summed E-state index contributed by atoms with van der Waals surface area (Å²) in [6.45, 7) is 2.69. The second kappa shape index (κ2) is 3.74. The number of hydrogen-bond donors (Lipinski definition) is 1. The van der Waals surface area contributed by atoms with Gasteiger partial charge in [-0.15, -0.1) is 11.3 Å². The van der Waals surface area contributed by atoms with Crippen LogP contribution in [-0.4, -0.2) is 16.3 Å². The molecule has 16 heavy (non-hydrogen) atoms. The lowest BCUT2D eigenvalue weighted by molar-refractivity contribution is 0.476. The zero-order chi connectivity index (χ0) is 11.0. The van der Waals surface area contributed by atoms with Gasteiger partial charge in [0.25, 0.3) is 0 Å². The molecule has 0 fully saturated rings. The van der Waals surface area contributed by atoms with E-state index in [9.17, 15) is 0 Å². The third-order valence-corrected chi connectivity index (χ3v) is 3.62. The van der Waals surface area contributed by atoms with E-state index < -0.39 is 0 Å². The summed E-state index contributed by atoms with van der Waals surface area (Å²) < 4.78 is 2.02. The van der Waals surface area contributed by atoms with Crippen LogP contribution in [0, 0.1) is 11.3 Å². The SMILES string of the molecule is N#Cc1sccc1-c1cnn2c1CNCC2. The summed E-state index contributed by atoms with van der Waals surface area (Å²) in [6, 6.07) is 4.23. The van der Waals surface area contributed by atoms with Crippen LogP contribution in [0.25, 0.3) is 11.1 Å². The highest BCUT2D eigenvalue weighted by Crippen LogP contribution is 2.30. The molecule has 0 spiro atoms. The number of fused-ring (bicyclic) bond motifs is 1. The standard InChI is InChI=1S/C11H10N4S/c12-5-11-8(1-4-16-11)9-6-14-15-3-2-13-7-10(9)15/h1,4,6,13H,2-3,7H2. The third kappa shape index (κ3) is 1.35. The van der Waals surface area contributed by atoms with E-state index in [-0.39, 0.29) is 0 Å². The van der Waals surface area contributed by atoms with Gasteiger partial charge >= 0.3 is 0 Å². The molecule has 3 heterocycles. The predicted molar refractivity (Wildman–Crippen MR) is 62.0 cm³/mol. The summed E-state index contributed by atoms with van der Waals surface area (Å²) in [6.07, 6.45) is 1.87. The van der Waals surface area contributed by atoms with Crippen LogP contribution in [0.2, 0.25) is 0 Å². The Labute approximate surface area is 97.1 Å². The van der Waals surface area contributed by atoms with Crippen molar-refractivity contribution in [1.82, 2.24) is 15.1 Å². The largest absolute Gasteiger partial charge is 0.309 e. The highest BCUT2D eigenvalue weighted by molar-refractivity contribution is 7.11. The molecule has 0 unspecified atom stereocenters. The number of aromatic nitrogens is 2. The van der Waals surface area contributed by atoms with Crippen molar-refractivity contribution in [3.8, 4) is 17.2 Å². The molecule has 3 rings (SSSR count). The van der Waals surface area contributed by atoms with E-state index in [4.69, 9.17) is 5.26 Å². The molecule has 0 aromatic carbocycles. The van der Waals surface area contributed by atoms with Gasteiger partial charge in [-0.05, 0) is 11.4 Å². The minimum absolute atomic E-state index is 0.765. The molecule has 0 aliphatic carbocycles. The van der Waals surface area contributed by atoms with Crippen molar-refractivity contribution in [2.24, 2.45) is 0 Å². The van der Waals surface area contributed by atoms with Gasteiger partial charge in [0.05, 0.1) is 18.4 Å². The van der Waals surface area contributed by atoms with Crippen molar-refractivity contribution in [2.45, 2.75) is 13.1 Å². The second-order valence-electron chi connectivity index (χ2n) is 3.68. The van der Waals surface area contributed by atoms with Gasteiger partial charge in [-0.3, -0.25) is 4.68 Å². The van der Waals surface area contributed by atoms with Gasteiger partial charge in [-0.25, -0.2) is 0 Å². The van der Waals surface area contributed by atoms with Gasteiger partial charge in [-0.1, -0.05) is 0 Å². The van der Waals surface area contributed by atoms with E-state index >= 15 is 0 Å². The van der Waals surface area contributed by atoms with E-state index in [1.807, 2.05) is 22.3 Å². The minimum Gasteiger partial charge on any atom is -0.309 e. The average molecular weight is 230 g/mol. The highest BCUT2D eigenvalue weighted by Gasteiger charge is 2.18. The quantitative estimate of drug-likeness (QED) is 0.809. The summed E-state index contributed by atoms with van der Waals surface area (Å²) in [5, 5.41) is 18.7. The molecule has 0 saturated heterocycles. The molecule has 0 atom stereocenters. The second-order valence-corrected chi connectivity index (χ2v) is 4.60. The fraction of sp³-hybridized carbons (Fsp3) is 0.273. The highest BCUT2D eigenvalue weighted by atomic mass is 32.1. The number of nitrogens with one attached hydrogen (secondary N) is 1. The van der Waals surface area contributed by atoms with Gasteiger partial charge in [0.15, 0.2) is 0 Å². The minimum atomic E-state index is 0.765. The third-order valence-electron chi connectivity index (χ3n) is 2.80. The van der Waals surface area contributed by atoms with E-state index in [0.29, 0.717) is 0 Å². The summed E-state index contributed by atoms with van der Waals surface area (Å²) in [7, 11) is 0. The summed E-state index contributed by atoms with van der Waals surface area (Å²) in [5.74, 6) is 0. The Morgan fingerprint density at radius 3 is 3.31 bits per heavy atom. The molecule has 2 aromatic rings. The molecule has 0 radical (unpaired) electrons. The Morgan fingerprint density at radius 1 is 1.50 bits per heavy atom. The molecule has 5 heteroatoms. The fourth-order valence-corrected chi connectivity index (χ4v) is 2.71. The van der Waals surface area contributed by atoms with E-state index in [1.54, 1.807) is 0 Å². The number of thiophene rings is 1. The molecule has 1 aliphatic rings. The van der Waals surface area contributed by atoms with E-state index in [0.717, 1.165) is 35.6 Å². The first kappa shape index (κ1) is 9.58. The van der Waals surface area contributed by atoms with Crippen LogP contribution in [0.3, 0.4) is 0 Å². The molecule has 80 valence electrons. The van der Waals surface area contributed by atoms with Crippen molar-refractivity contribution in [3.63, 3.8) is 0 Å². The molecule has 0 saturated carbocycles. The number of nitrogens with zero attached hydrogens (tertiary/aromatic N) is 3. The Morgan fingerprint density at radius 2 is 2.44 bits per heavy atom. The van der Waals surface area contributed by atoms with E-state index in [2.05, 4.69) is 16.5 Å². The molecule has 1 N–H and O–H groups in total. The topological polar surface area (TPSA) is 53.6 Å². The molecule has 0 amide bonds. The van der Waals surface area contributed by atoms with Gasteiger partial charge in [-0.2, -0.15) is 10.4 Å². The van der Waals surface area contributed by atoms with Crippen LogP contribution >= 0.6 is 11.3 Å². The van der Waals surface area contributed by atoms with Gasteiger partial charge < -0.3 is 5.32 Å². The molecular formula is C11H10N4S. The number of nitriles is 1. The zero-order valence-corrected chi connectivity index (χ0v) is 9.42. The Balaban J connectivity index is 2.14. The molecule has 1 aliphatic heterocycles. The van der Waals surface area contributed by atoms with Crippen molar-refractivity contribution >= 4 is 11.3 Å². The normalized spacial score (nSPS) is 14.4. The first-order valence-electron chi connectivity index (χ1n) is 5.13. The first-order chi connectivity index (χ1) is 7.90. The molecule has 0 bridgehead atoms. The average Bonchev–Trinajstić information content (AvgIpc) is 2.94. The zero-order valence-electron chi connectivity index (χ0n) is 8.60. The van der Waals surface area contributed by atoms with E-state index in [1.165, 1.54) is 17.0 Å². The van der Waals surface area contributed by atoms with Crippen LogP contribution in [0.5, 0.6) is 0 Å². The summed E-state index contributed by atoms with van der Waals surface area (Å²) in [4.78, 5) is 0.765. The van der Waals surface area contributed by atoms with Gasteiger partial charge in [0.1, 0.15) is 10.9 Å². The maximum Gasteiger partial charge on any atom is 0.112 e. The summed E-state index contributed by atoms with van der Waals surface area (Å²) in [5.41, 5.74) is 3.28. The maximum atomic E-state index is 9.03. The summed E-state index contributed by atoms with van der Waals surface area (Å²) >= 11 is 1.48. The smallest absolute Gasteiger partial charge is 0.112 e. The lowest BCUT2D eigenvalue weighted by Gasteiger charge is -2.15. The van der Waals surface area contributed by atoms with Crippen molar-refractivity contribution < 1.29 is 0 Å². The molecule has 4 nitrogen and oxygen atoms in total. The van der Waals surface area contributed by atoms with Crippen LogP contribution in [0.1, 0.15) is 10.6 Å². The lowest BCUT2D eigenvalue weighted by Crippen LogP contribution is -2.28. The van der Waals surface area contributed by atoms with Gasteiger partial charge in [0, 0.05) is 24.2 Å². The number of hydrogen-bond acceptors (Lipinski definition) is 4. The Hall–Kier alpha value is -1.64. The van der Waals surface area contributed by atoms with Crippen LogP contribution in [0.15, 0.2) is 17.6 Å². The Bertz CT molecular complexity index is 561. The predicted octanol–water partition coefficient (Wildman–Crippen LogP) is 1.59. The van der Waals surface area contributed by atoms with Crippen LogP contribution in [-0.2, 0) is 13.1 Å². The number of rotatable bonds is 1. The lowest BCUT2D eigenvalue weighted by atomic mass is 10.1. The van der Waals surface area contributed by atoms with Gasteiger partial charge in [0.2, 0.25) is 0 Å². The van der Waals surface area contributed by atoms with Crippen LogP contribution in [0.4, 0.5) is 0 Å². The van der Waals surface area contributed by atoms with Crippen LogP contribution < -0.4 is 5.32 Å². The molecule has 2 aromatic heterocycles. The van der Waals surface area contributed by atoms with Crippen molar-refractivity contribution in [1.29, 1.82) is 5.26 Å². The monoisotopic (exact) mass is 230 g/mol. The van der Waals surface area contributed by atoms with Crippen molar-refractivity contribution in [2.75, 3.05) is 6.54 Å². The fourth-order valence-electron chi connectivity index (χ4n) is 2.01. The molecular weight excluding hydrogens is 220 g/mol. The van der Waals surface area contributed by atoms with Crippen molar-refractivity contribution in [3.05, 3.63) is 28.2 Å². The first-order valence-corrected chi connectivity index (χ1v) is 6.01. The maximum absolute atomic E-state index is 9.03. The Kier molecular flexibility index (Phi) is 2.24.